The number of amides is 1. The summed E-state index contributed by atoms with van der Waals surface area (Å²) in [5.74, 6) is 0.939. The molecule has 1 aliphatic rings. The van der Waals surface area contributed by atoms with Gasteiger partial charge in [-0.05, 0) is 29.6 Å². The van der Waals surface area contributed by atoms with Crippen LogP contribution in [0.2, 0.25) is 0 Å². The molecule has 4 heterocycles. The molecule has 0 bridgehead atoms. The van der Waals surface area contributed by atoms with E-state index in [4.69, 9.17) is 0 Å². The number of aromatic nitrogens is 3. The summed E-state index contributed by atoms with van der Waals surface area (Å²) < 4.78 is 2.12. The van der Waals surface area contributed by atoms with Crippen LogP contribution < -0.4 is 4.90 Å². The molecule has 0 N–H and O–H groups in total. The standard InChI is InChI=1S/C19H21N5OS/c25-18(15-16(17-5-3-14-26-17)22-8-1-2-9-22)23-10-12-24(13-11-23)19-20-6-4-7-21-19/h1-9,14,16H,10-13,15H2/t16-/m0/s1. The number of hydrogen-bond acceptors (Lipinski definition) is 5. The van der Waals surface area contributed by atoms with Gasteiger partial charge in [-0.15, -0.1) is 11.3 Å². The van der Waals surface area contributed by atoms with Gasteiger partial charge in [0.25, 0.3) is 0 Å². The van der Waals surface area contributed by atoms with Crippen LogP contribution in [0.3, 0.4) is 0 Å². The number of nitrogens with zero attached hydrogens (tertiary/aromatic N) is 5. The minimum Gasteiger partial charge on any atom is -0.346 e. The molecule has 1 saturated heterocycles. The van der Waals surface area contributed by atoms with E-state index >= 15 is 0 Å². The molecule has 3 aromatic heterocycles. The molecule has 26 heavy (non-hydrogen) atoms. The van der Waals surface area contributed by atoms with Gasteiger partial charge in [0.1, 0.15) is 0 Å². The normalized spacial score (nSPS) is 15.8. The van der Waals surface area contributed by atoms with E-state index in [9.17, 15) is 4.79 Å². The van der Waals surface area contributed by atoms with Crippen molar-refractivity contribution in [3.63, 3.8) is 0 Å². The first-order valence-corrected chi connectivity index (χ1v) is 9.65. The quantitative estimate of drug-likeness (QED) is 0.696. The molecular formula is C19H21N5OS. The van der Waals surface area contributed by atoms with Crippen molar-refractivity contribution in [2.75, 3.05) is 31.1 Å². The van der Waals surface area contributed by atoms with Gasteiger partial charge in [-0.1, -0.05) is 6.07 Å². The molecule has 1 amide bonds. The minimum atomic E-state index is 0.0630. The molecule has 0 spiro atoms. The molecule has 3 aromatic rings. The number of piperazine rings is 1. The largest absolute Gasteiger partial charge is 0.346 e. The Morgan fingerprint density at radius 1 is 1.04 bits per heavy atom. The second-order valence-corrected chi connectivity index (χ2v) is 7.26. The number of anilines is 1. The van der Waals surface area contributed by atoms with Crippen LogP contribution in [0.4, 0.5) is 5.95 Å². The van der Waals surface area contributed by atoms with E-state index in [0.29, 0.717) is 19.5 Å². The molecule has 0 unspecified atom stereocenters. The van der Waals surface area contributed by atoms with Crippen LogP contribution in [-0.4, -0.2) is 51.5 Å². The highest BCUT2D eigenvalue weighted by Crippen LogP contribution is 2.27. The molecule has 1 atom stereocenters. The summed E-state index contributed by atoms with van der Waals surface area (Å²) in [7, 11) is 0. The molecule has 0 aliphatic carbocycles. The molecule has 4 rings (SSSR count). The predicted octanol–water partition coefficient (Wildman–Crippen LogP) is 2.67. The molecule has 134 valence electrons. The lowest BCUT2D eigenvalue weighted by atomic mass is 10.1. The van der Waals surface area contributed by atoms with E-state index in [0.717, 1.165) is 19.0 Å². The molecule has 0 saturated carbocycles. The highest BCUT2D eigenvalue weighted by Gasteiger charge is 2.26. The minimum absolute atomic E-state index is 0.0630. The average molecular weight is 367 g/mol. The van der Waals surface area contributed by atoms with E-state index < -0.39 is 0 Å². The topological polar surface area (TPSA) is 54.3 Å². The smallest absolute Gasteiger partial charge is 0.225 e. The van der Waals surface area contributed by atoms with E-state index in [1.165, 1.54) is 4.88 Å². The highest BCUT2D eigenvalue weighted by molar-refractivity contribution is 7.10. The fraction of sp³-hybridized carbons (Fsp3) is 0.316. The first kappa shape index (κ1) is 16.8. The number of thiophene rings is 1. The third-order valence-corrected chi connectivity index (χ3v) is 5.67. The molecule has 0 aromatic carbocycles. The average Bonchev–Trinajstić information content (AvgIpc) is 3.41. The maximum atomic E-state index is 12.9. The second-order valence-electron chi connectivity index (χ2n) is 6.28. The SMILES string of the molecule is O=C(C[C@@H](c1cccs1)n1cccc1)N1CCN(c2ncccn2)CC1. The van der Waals surface area contributed by atoms with Crippen molar-refractivity contribution >= 4 is 23.2 Å². The van der Waals surface area contributed by atoms with Gasteiger partial charge in [0.15, 0.2) is 0 Å². The Labute approximate surface area is 156 Å². The first-order valence-electron chi connectivity index (χ1n) is 8.77. The van der Waals surface area contributed by atoms with Gasteiger partial charge in [-0.2, -0.15) is 0 Å². The summed E-state index contributed by atoms with van der Waals surface area (Å²) in [6, 6.07) is 10.0. The summed E-state index contributed by atoms with van der Waals surface area (Å²) in [4.78, 5) is 26.8. The zero-order valence-electron chi connectivity index (χ0n) is 14.4. The lowest BCUT2D eigenvalue weighted by Gasteiger charge is -2.35. The van der Waals surface area contributed by atoms with Crippen LogP contribution >= 0.6 is 11.3 Å². The van der Waals surface area contributed by atoms with Crippen LogP contribution in [0.25, 0.3) is 0 Å². The third kappa shape index (κ3) is 3.62. The van der Waals surface area contributed by atoms with Crippen molar-refractivity contribution in [1.82, 2.24) is 19.4 Å². The van der Waals surface area contributed by atoms with Crippen molar-refractivity contribution in [1.29, 1.82) is 0 Å². The Kier molecular flexibility index (Phi) is 4.97. The van der Waals surface area contributed by atoms with Crippen molar-refractivity contribution in [2.24, 2.45) is 0 Å². The maximum absolute atomic E-state index is 12.9. The monoisotopic (exact) mass is 367 g/mol. The van der Waals surface area contributed by atoms with E-state index in [1.54, 1.807) is 23.7 Å². The Balaban J connectivity index is 1.40. The first-order chi connectivity index (χ1) is 12.8. The predicted molar refractivity (Wildman–Crippen MR) is 102 cm³/mol. The number of hydrogen-bond donors (Lipinski definition) is 0. The number of carbonyl (C=O) groups excluding carboxylic acids is 1. The summed E-state index contributed by atoms with van der Waals surface area (Å²) in [6.45, 7) is 2.95. The Hall–Kier alpha value is -2.67. The van der Waals surface area contributed by atoms with Crippen LogP contribution in [-0.2, 0) is 4.79 Å². The maximum Gasteiger partial charge on any atom is 0.225 e. The van der Waals surface area contributed by atoms with Crippen molar-refractivity contribution < 1.29 is 4.79 Å². The second kappa shape index (κ2) is 7.70. The van der Waals surface area contributed by atoms with E-state index in [2.05, 4.69) is 30.9 Å². The van der Waals surface area contributed by atoms with Gasteiger partial charge in [-0.3, -0.25) is 4.79 Å². The summed E-state index contributed by atoms with van der Waals surface area (Å²) in [5, 5.41) is 2.06. The fourth-order valence-electron chi connectivity index (χ4n) is 3.29. The Morgan fingerprint density at radius 2 is 1.77 bits per heavy atom. The number of carbonyl (C=O) groups is 1. The molecule has 1 fully saturated rings. The lowest BCUT2D eigenvalue weighted by molar-refractivity contribution is -0.132. The molecule has 6 nitrogen and oxygen atoms in total. The van der Waals surface area contributed by atoms with Gasteiger partial charge < -0.3 is 14.4 Å². The summed E-state index contributed by atoms with van der Waals surface area (Å²) in [5.41, 5.74) is 0. The number of rotatable bonds is 5. The van der Waals surface area contributed by atoms with Crippen LogP contribution in [0.1, 0.15) is 17.3 Å². The van der Waals surface area contributed by atoms with Crippen molar-refractivity contribution in [3.05, 3.63) is 65.4 Å². The van der Waals surface area contributed by atoms with Crippen LogP contribution in [0.15, 0.2) is 60.5 Å². The van der Waals surface area contributed by atoms with Gasteiger partial charge in [0.05, 0.1) is 12.5 Å². The molecular weight excluding hydrogens is 346 g/mol. The van der Waals surface area contributed by atoms with Gasteiger partial charge >= 0.3 is 0 Å². The lowest BCUT2D eigenvalue weighted by Crippen LogP contribution is -2.49. The van der Waals surface area contributed by atoms with Gasteiger partial charge in [0, 0.05) is 55.8 Å². The molecule has 0 radical (unpaired) electrons. The van der Waals surface area contributed by atoms with E-state index in [1.807, 2.05) is 41.6 Å². The van der Waals surface area contributed by atoms with E-state index in [-0.39, 0.29) is 11.9 Å². The molecule has 7 heteroatoms. The van der Waals surface area contributed by atoms with Gasteiger partial charge in [-0.25, -0.2) is 9.97 Å². The Bertz CT molecular complexity index is 777. The zero-order valence-corrected chi connectivity index (χ0v) is 15.3. The van der Waals surface area contributed by atoms with Crippen LogP contribution in [0, 0.1) is 0 Å². The Morgan fingerprint density at radius 3 is 2.42 bits per heavy atom. The van der Waals surface area contributed by atoms with Crippen molar-refractivity contribution in [2.45, 2.75) is 12.5 Å². The summed E-state index contributed by atoms with van der Waals surface area (Å²) >= 11 is 1.70. The highest BCUT2D eigenvalue weighted by atomic mass is 32.1. The fourth-order valence-corrected chi connectivity index (χ4v) is 4.13. The van der Waals surface area contributed by atoms with Crippen LogP contribution in [0.5, 0.6) is 0 Å². The van der Waals surface area contributed by atoms with Gasteiger partial charge in [0.2, 0.25) is 11.9 Å². The third-order valence-electron chi connectivity index (χ3n) is 4.69. The van der Waals surface area contributed by atoms with Crippen molar-refractivity contribution in [3.8, 4) is 0 Å². The zero-order chi connectivity index (χ0) is 17.8. The molecule has 1 aliphatic heterocycles. The summed E-state index contributed by atoms with van der Waals surface area (Å²) in [6.07, 6.45) is 8.05.